The van der Waals surface area contributed by atoms with Crippen molar-refractivity contribution in [2.45, 2.75) is 9.79 Å². The lowest BCUT2D eigenvalue weighted by atomic mass is 10.1. The Morgan fingerprint density at radius 3 is 0.945 bits per heavy atom. The van der Waals surface area contributed by atoms with Gasteiger partial charge in [-0.2, -0.15) is 0 Å². The first-order chi connectivity index (χ1) is 36.1. The molecule has 0 aliphatic carbocycles. The molecule has 0 bridgehead atoms. The van der Waals surface area contributed by atoms with Gasteiger partial charge in [0.1, 0.15) is 0 Å². The molecule has 1 aliphatic rings. The molecule has 4 aromatic heterocycles. The quantitative estimate of drug-likeness (QED) is 0.160. The molecule has 0 radical (unpaired) electrons. The lowest BCUT2D eigenvalue weighted by Crippen LogP contribution is -2.30. The fourth-order valence-electron chi connectivity index (χ4n) is 12.3. The van der Waals surface area contributed by atoms with E-state index in [1.165, 1.54) is 113 Å². The summed E-state index contributed by atoms with van der Waals surface area (Å²) in [6, 6.07) is 89.1. The normalized spacial score (nSPS) is 13.3. The summed E-state index contributed by atoms with van der Waals surface area (Å²) in [4.78, 5) is 2.41. The topological polar surface area (TPSA) is 19.7 Å². The third-order valence-electron chi connectivity index (χ3n) is 15.4. The molecular weight excluding hydrogens is 944 g/mol. The van der Waals surface area contributed by atoms with Gasteiger partial charge in [-0.05, 0) is 114 Å². The average molecular weight is 985 g/mol. The molecule has 16 rings (SSSR count). The summed E-state index contributed by atoms with van der Waals surface area (Å²) in [5.41, 5.74) is 14.0. The van der Waals surface area contributed by atoms with Crippen molar-refractivity contribution in [1.29, 1.82) is 0 Å². The van der Waals surface area contributed by atoms with Crippen molar-refractivity contribution >= 4 is 133 Å². The molecule has 0 spiro atoms. The van der Waals surface area contributed by atoms with Gasteiger partial charge in [-0.25, -0.2) is 0 Å². The van der Waals surface area contributed by atoms with Crippen LogP contribution in [0.3, 0.4) is 0 Å². The lowest BCUT2D eigenvalue weighted by Gasteiger charge is -2.33. The molecule has 73 heavy (non-hydrogen) atoms. The highest BCUT2D eigenvalue weighted by atomic mass is 32.4. The summed E-state index contributed by atoms with van der Waals surface area (Å²) in [5, 5.41) is 13.6. The van der Waals surface area contributed by atoms with Gasteiger partial charge in [0, 0.05) is 92.3 Å². The molecule has 0 N–H and O–H groups in total. The summed E-state index contributed by atoms with van der Waals surface area (Å²) in [7, 11) is 0. The summed E-state index contributed by atoms with van der Waals surface area (Å²) in [6.07, 6.45) is 0. The Kier molecular flexibility index (Phi) is 8.79. The maximum atomic E-state index is 7.19. The van der Waals surface area contributed by atoms with Crippen LogP contribution in [0.1, 0.15) is 0 Å². The smallest absolute Gasteiger partial charge is 0.0562 e. The van der Waals surface area contributed by atoms with Crippen LogP contribution in [-0.2, 0) is 11.8 Å². The number of fused-ring (bicyclic) bond motifs is 14. The van der Waals surface area contributed by atoms with E-state index < -0.39 is 6.04 Å². The molecule has 0 amide bonds. The fourth-order valence-corrected chi connectivity index (χ4v) is 18.7. The molecule has 11 aromatic carbocycles. The Bertz CT molecular complexity index is 4570. The first-order valence-corrected chi connectivity index (χ1v) is 28.4. The van der Waals surface area contributed by atoms with Crippen LogP contribution >= 0.6 is 17.8 Å². The molecule has 0 saturated carbocycles. The second kappa shape index (κ2) is 15.6. The average Bonchev–Trinajstić information content (AvgIpc) is 4.16. The molecule has 0 saturated heterocycles. The number of hydrogen-bond acceptors (Lipinski definition) is 2. The van der Waals surface area contributed by atoms with E-state index >= 15 is 0 Å². The Balaban J connectivity index is 0.918. The van der Waals surface area contributed by atoms with E-state index in [9.17, 15) is 0 Å². The van der Waals surface area contributed by atoms with E-state index in [0.717, 1.165) is 22.7 Å². The number of nitrogens with zero attached hydrogens (tertiary/aromatic N) is 4. The Morgan fingerprint density at radius 2 is 0.575 bits per heavy atom. The summed E-state index contributed by atoms with van der Waals surface area (Å²) in [5.74, 6) is 0. The molecular formula is C66H41N4PS2. The number of hydrogen-bond donors (Lipinski definition) is 0. The van der Waals surface area contributed by atoms with Crippen LogP contribution in [0.5, 0.6) is 0 Å². The first kappa shape index (κ1) is 41.3. The molecule has 0 unspecified atom stereocenters. The maximum Gasteiger partial charge on any atom is 0.0562 e. The first-order valence-electron chi connectivity index (χ1n) is 24.8. The number of para-hydroxylation sites is 6. The van der Waals surface area contributed by atoms with Crippen LogP contribution in [0.4, 0.5) is 0 Å². The van der Waals surface area contributed by atoms with Crippen LogP contribution in [0, 0.1) is 0 Å². The van der Waals surface area contributed by atoms with E-state index in [0.29, 0.717) is 0 Å². The van der Waals surface area contributed by atoms with Gasteiger partial charge >= 0.3 is 0 Å². The van der Waals surface area contributed by atoms with E-state index in [1.807, 2.05) is 11.8 Å². The van der Waals surface area contributed by atoms with Crippen molar-refractivity contribution in [1.82, 2.24) is 18.3 Å². The fraction of sp³-hybridized carbons (Fsp3) is 0. The standard InChI is InChI=1S/C66H41N4PS2/c72-71(46-22-8-3-9-23-46)63-34-32-44(69-57-30-16-12-26-49(57)53-38-51-47-24-10-14-28-55(47)67(59(51)40-61(53)69)42-18-4-1-5-19-42)36-65(63)73-66-37-45(33-35-64(66)71)70-58-31-17-13-27-50(58)54-39-52-48-25-11-15-29-56(48)68(60(52)41-62(54)70)43-20-6-2-7-21-43/h1-41H. The van der Waals surface area contributed by atoms with Gasteiger partial charge in [-0.1, -0.05) is 163 Å². The number of aromatic nitrogens is 4. The van der Waals surface area contributed by atoms with Gasteiger partial charge in [-0.15, -0.1) is 0 Å². The molecule has 342 valence electrons. The third-order valence-corrected chi connectivity index (χ3v) is 21.8. The van der Waals surface area contributed by atoms with Gasteiger partial charge < -0.3 is 18.3 Å². The van der Waals surface area contributed by atoms with Crippen molar-refractivity contribution in [3.8, 4) is 22.7 Å². The van der Waals surface area contributed by atoms with E-state index in [1.54, 1.807) is 0 Å². The van der Waals surface area contributed by atoms with Crippen molar-refractivity contribution < 1.29 is 0 Å². The molecule has 0 fully saturated rings. The van der Waals surface area contributed by atoms with Gasteiger partial charge in [-0.3, -0.25) is 0 Å². The van der Waals surface area contributed by atoms with Crippen LogP contribution in [0.2, 0.25) is 0 Å². The summed E-state index contributed by atoms with van der Waals surface area (Å²) >= 11 is 9.05. The zero-order chi connectivity index (χ0) is 47.9. The highest BCUT2D eigenvalue weighted by Crippen LogP contribution is 2.54. The minimum Gasteiger partial charge on any atom is -0.309 e. The number of rotatable bonds is 5. The van der Waals surface area contributed by atoms with Gasteiger partial charge in [0.25, 0.3) is 0 Å². The van der Waals surface area contributed by atoms with Crippen molar-refractivity contribution in [2.75, 3.05) is 0 Å². The molecule has 1 aliphatic heterocycles. The molecule has 7 heteroatoms. The van der Waals surface area contributed by atoms with Crippen LogP contribution in [0.15, 0.2) is 259 Å². The zero-order valence-electron chi connectivity index (χ0n) is 39.2. The minimum atomic E-state index is -2.52. The van der Waals surface area contributed by atoms with E-state index in [2.05, 4.69) is 267 Å². The van der Waals surface area contributed by atoms with E-state index in [4.69, 9.17) is 11.8 Å². The van der Waals surface area contributed by atoms with Gasteiger partial charge in [0.2, 0.25) is 0 Å². The van der Waals surface area contributed by atoms with Crippen molar-refractivity contribution in [2.24, 2.45) is 0 Å². The second-order valence-electron chi connectivity index (χ2n) is 19.2. The highest BCUT2D eigenvalue weighted by Gasteiger charge is 2.35. The lowest BCUT2D eigenvalue weighted by molar-refractivity contribution is 1.15. The van der Waals surface area contributed by atoms with Gasteiger partial charge in [0.15, 0.2) is 0 Å². The predicted molar refractivity (Wildman–Crippen MR) is 314 cm³/mol. The van der Waals surface area contributed by atoms with Crippen LogP contribution in [0.25, 0.3) is 110 Å². The van der Waals surface area contributed by atoms with Crippen molar-refractivity contribution in [3.05, 3.63) is 249 Å². The second-order valence-corrected chi connectivity index (χ2v) is 24.6. The third kappa shape index (κ3) is 5.83. The Morgan fingerprint density at radius 1 is 0.260 bits per heavy atom. The predicted octanol–water partition coefficient (Wildman–Crippen LogP) is 16.3. The largest absolute Gasteiger partial charge is 0.309 e. The molecule has 4 nitrogen and oxygen atoms in total. The maximum absolute atomic E-state index is 7.19. The SMILES string of the molecule is S=P1(c2ccccc2)c2ccc(-n3c4ccccc4c4cc5c6ccccc6n(-c6ccccc6)c5cc43)cc2Sc2cc(-n3c4ccccc4c4cc5c6ccccc6n(-c6ccccc6)c5cc43)ccc21. The van der Waals surface area contributed by atoms with Gasteiger partial charge in [0.05, 0.1) is 44.1 Å². The minimum absolute atomic E-state index is 1.12. The molecule has 5 heterocycles. The summed E-state index contributed by atoms with van der Waals surface area (Å²) in [6.45, 7) is 0. The molecule has 15 aromatic rings. The Hall–Kier alpha value is -8.38. The van der Waals surface area contributed by atoms with Crippen molar-refractivity contribution in [3.63, 3.8) is 0 Å². The Labute approximate surface area is 429 Å². The zero-order valence-corrected chi connectivity index (χ0v) is 41.8. The monoisotopic (exact) mass is 984 g/mol. The number of benzene rings is 11. The molecule has 0 atom stereocenters. The summed E-state index contributed by atoms with van der Waals surface area (Å²) < 4.78 is 9.79. The van der Waals surface area contributed by atoms with E-state index in [-0.39, 0.29) is 0 Å². The van der Waals surface area contributed by atoms with Crippen LogP contribution < -0.4 is 15.9 Å². The highest BCUT2D eigenvalue weighted by molar-refractivity contribution is 8.26. The van der Waals surface area contributed by atoms with Crippen LogP contribution in [-0.4, -0.2) is 18.3 Å².